The summed E-state index contributed by atoms with van der Waals surface area (Å²) in [6.45, 7) is 2.48. The number of hydrogen-bond donors (Lipinski definition) is 1. The van der Waals surface area contributed by atoms with Crippen molar-refractivity contribution < 1.29 is 32.0 Å². The number of aryl methyl sites for hydroxylation is 1. The molecule has 0 saturated carbocycles. The SMILES string of the molecule is Cc1noc(Cl)c1CCC(=O)NC1(c2cccc(OC(F)(F)F)c2)CCOCC1. The predicted molar refractivity (Wildman–Crippen MR) is 97.6 cm³/mol. The molecule has 158 valence electrons. The van der Waals surface area contributed by atoms with Gasteiger partial charge in [0.1, 0.15) is 5.75 Å². The molecule has 2 aromatic rings. The molecule has 3 rings (SSSR count). The van der Waals surface area contributed by atoms with Crippen LogP contribution in [0.5, 0.6) is 5.75 Å². The van der Waals surface area contributed by atoms with Crippen LogP contribution in [0.15, 0.2) is 28.8 Å². The van der Waals surface area contributed by atoms with Gasteiger partial charge in [0.25, 0.3) is 0 Å². The summed E-state index contributed by atoms with van der Waals surface area (Å²) in [4.78, 5) is 12.7. The quantitative estimate of drug-likeness (QED) is 0.737. The number of aromatic nitrogens is 1. The number of rotatable bonds is 6. The van der Waals surface area contributed by atoms with Crippen LogP contribution >= 0.6 is 11.6 Å². The van der Waals surface area contributed by atoms with Gasteiger partial charge in [-0.25, -0.2) is 0 Å². The zero-order chi connectivity index (χ0) is 21.1. The molecule has 1 fully saturated rings. The summed E-state index contributed by atoms with van der Waals surface area (Å²) < 4.78 is 52.1. The normalized spacial score (nSPS) is 16.4. The first kappa shape index (κ1) is 21.4. The molecule has 0 unspecified atom stereocenters. The van der Waals surface area contributed by atoms with Gasteiger partial charge in [-0.15, -0.1) is 13.2 Å². The Morgan fingerprint density at radius 3 is 2.69 bits per heavy atom. The van der Waals surface area contributed by atoms with Crippen molar-refractivity contribution in [3.8, 4) is 5.75 Å². The summed E-state index contributed by atoms with van der Waals surface area (Å²) in [5.74, 6) is -0.590. The minimum absolute atomic E-state index is 0.128. The number of carbonyl (C=O) groups excluding carboxylic acids is 1. The van der Waals surface area contributed by atoms with Gasteiger partial charge >= 0.3 is 6.36 Å². The van der Waals surface area contributed by atoms with E-state index in [9.17, 15) is 18.0 Å². The van der Waals surface area contributed by atoms with Crippen LogP contribution < -0.4 is 10.1 Å². The molecular formula is C19H20ClF3N2O4. The molecule has 1 aliphatic rings. The standard InChI is InChI=1S/C19H20ClF3N2O4/c1-12-15(17(20)29-25-12)5-6-16(26)24-18(7-9-27-10-8-18)13-3-2-4-14(11-13)28-19(21,22)23/h2-4,11H,5-10H2,1H3,(H,24,26). The van der Waals surface area contributed by atoms with E-state index in [0.29, 0.717) is 49.3 Å². The first-order valence-electron chi connectivity index (χ1n) is 9.04. The maximum atomic E-state index is 12.7. The smallest absolute Gasteiger partial charge is 0.406 e. The Morgan fingerprint density at radius 2 is 2.07 bits per heavy atom. The van der Waals surface area contributed by atoms with Crippen molar-refractivity contribution in [1.29, 1.82) is 0 Å². The lowest BCUT2D eigenvalue weighted by Gasteiger charge is -2.38. The Morgan fingerprint density at radius 1 is 1.34 bits per heavy atom. The minimum atomic E-state index is -4.79. The average Bonchev–Trinajstić information content (AvgIpc) is 2.97. The summed E-state index contributed by atoms with van der Waals surface area (Å²) in [5, 5.41) is 6.89. The fourth-order valence-corrected chi connectivity index (χ4v) is 3.67. The third-order valence-electron chi connectivity index (χ3n) is 4.88. The second kappa shape index (κ2) is 8.62. The molecule has 1 amide bonds. The number of benzene rings is 1. The molecule has 0 bridgehead atoms. The number of hydrogen-bond acceptors (Lipinski definition) is 5. The maximum absolute atomic E-state index is 12.7. The van der Waals surface area contributed by atoms with Crippen molar-refractivity contribution >= 4 is 17.5 Å². The van der Waals surface area contributed by atoms with Crippen molar-refractivity contribution in [1.82, 2.24) is 10.5 Å². The topological polar surface area (TPSA) is 73.6 Å². The van der Waals surface area contributed by atoms with Gasteiger partial charge in [0.15, 0.2) is 0 Å². The summed E-state index contributed by atoms with van der Waals surface area (Å²) in [6, 6.07) is 5.68. The van der Waals surface area contributed by atoms with Crippen molar-refractivity contribution in [3.05, 3.63) is 46.3 Å². The molecule has 0 aliphatic carbocycles. The van der Waals surface area contributed by atoms with Crippen LogP contribution in [0.3, 0.4) is 0 Å². The lowest BCUT2D eigenvalue weighted by atomic mass is 9.82. The van der Waals surface area contributed by atoms with Crippen LogP contribution in [0, 0.1) is 6.92 Å². The van der Waals surface area contributed by atoms with E-state index in [1.165, 1.54) is 18.2 Å². The minimum Gasteiger partial charge on any atom is -0.406 e. The molecule has 1 aromatic heterocycles. The van der Waals surface area contributed by atoms with Crippen LogP contribution in [0.25, 0.3) is 0 Å². The fraction of sp³-hybridized carbons (Fsp3) is 0.474. The van der Waals surface area contributed by atoms with E-state index in [0.717, 1.165) is 0 Å². The number of carbonyl (C=O) groups is 1. The van der Waals surface area contributed by atoms with E-state index in [1.54, 1.807) is 13.0 Å². The Labute approximate surface area is 170 Å². The van der Waals surface area contributed by atoms with E-state index in [2.05, 4.69) is 15.2 Å². The number of ether oxygens (including phenoxy) is 2. The Bertz CT molecular complexity index is 844. The number of nitrogens with one attached hydrogen (secondary N) is 1. The zero-order valence-electron chi connectivity index (χ0n) is 15.6. The molecule has 1 saturated heterocycles. The van der Waals surface area contributed by atoms with Crippen molar-refractivity contribution in [2.45, 2.75) is 44.5 Å². The van der Waals surface area contributed by atoms with Gasteiger partial charge in [-0.05, 0) is 55.5 Å². The maximum Gasteiger partial charge on any atom is 0.573 e. The number of halogens is 4. The van der Waals surface area contributed by atoms with Gasteiger partial charge < -0.3 is 19.3 Å². The number of nitrogens with zero attached hydrogens (tertiary/aromatic N) is 1. The second-order valence-corrected chi connectivity index (χ2v) is 7.18. The largest absolute Gasteiger partial charge is 0.573 e. The molecule has 0 atom stereocenters. The molecule has 29 heavy (non-hydrogen) atoms. The molecule has 2 heterocycles. The molecular weight excluding hydrogens is 413 g/mol. The van der Waals surface area contributed by atoms with E-state index in [4.69, 9.17) is 20.9 Å². The highest BCUT2D eigenvalue weighted by atomic mass is 35.5. The zero-order valence-corrected chi connectivity index (χ0v) is 16.4. The molecule has 0 radical (unpaired) electrons. The third-order valence-corrected chi connectivity index (χ3v) is 5.18. The van der Waals surface area contributed by atoms with Gasteiger partial charge in [-0.2, -0.15) is 0 Å². The average molecular weight is 433 g/mol. The lowest BCUT2D eigenvalue weighted by Crippen LogP contribution is -2.49. The predicted octanol–water partition coefficient (Wildman–Crippen LogP) is 4.29. The second-order valence-electron chi connectivity index (χ2n) is 6.84. The van der Waals surface area contributed by atoms with Crippen LogP contribution in [0.4, 0.5) is 13.2 Å². The summed E-state index contributed by atoms with van der Waals surface area (Å²) in [5.41, 5.74) is 0.965. The fourth-order valence-electron chi connectivity index (χ4n) is 3.40. The Hall–Kier alpha value is -2.26. The Balaban J connectivity index is 1.76. The van der Waals surface area contributed by atoms with Crippen molar-refractivity contribution in [2.75, 3.05) is 13.2 Å². The summed E-state index contributed by atoms with van der Waals surface area (Å²) in [6.07, 6.45) is -3.46. The highest BCUT2D eigenvalue weighted by Gasteiger charge is 2.37. The summed E-state index contributed by atoms with van der Waals surface area (Å²) >= 11 is 5.93. The highest BCUT2D eigenvalue weighted by Crippen LogP contribution is 2.35. The molecule has 0 spiro atoms. The molecule has 1 N–H and O–H groups in total. The first-order valence-corrected chi connectivity index (χ1v) is 9.42. The van der Waals surface area contributed by atoms with Gasteiger partial charge in [0.2, 0.25) is 11.1 Å². The van der Waals surface area contributed by atoms with Crippen LogP contribution in [0.2, 0.25) is 5.22 Å². The molecule has 10 heteroatoms. The molecule has 1 aromatic carbocycles. The number of amides is 1. The third kappa shape index (κ3) is 5.42. The van der Waals surface area contributed by atoms with Crippen LogP contribution in [-0.2, 0) is 21.5 Å². The van der Waals surface area contributed by atoms with E-state index >= 15 is 0 Å². The summed E-state index contributed by atoms with van der Waals surface area (Å²) in [7, 11) is 0. The van der Waals surface area contributed by atoms with Gasteiger partial charge in [0, 0.05) is 25.2 Å². The number of alkyl halides is 3. The Kier molecular flexibility index (Phi) is 6.38. The lowest BCUT2D eigenvalue weighted by molar-refractivity contribution is -0.274. The van der Waals surface area contributed by atoms with E-state index in [1.807, 2.05) is 0 Å². The van der Waals surface area contributed by atoms with E-state index in [-0.39, 0.29) is 23.3 Å². The van der Waals surface area contributed by atoms with E-state index < -0.39 is 11.9 Å². The van der Waals surface area contributed by atoms with Crippen molar-refractivity contribution in [2.24, 2.45) is 0 Å². The monoisotopic (exact) mass is 432 g/mol. The van der Waals surface area contributed by atoms with Gasteiger partial charge in [0.05, 0.1) is 11.2 Å². The van der Waals surface area contributed by atoms with Gasteiger partial charge in [-0.1, -0.05) is 17.3 Å². The van der Waals surface area contributed by atoms with Crippen LogP contribution in [-0.4, -0.2) is 30.6 Å². The molecule has 1 aliphatic heterocycles. The molecule has 6 nitrogen and oxygen atoms in total. The highest BCUT2D eigenvalue weighted by molar-refractivity contribution is 6.29. The van der Waals surface area contributed by atoms with Crippen molar-refractivity contribution in [3.63, 3.8) is 0 Å². The van der Waals surface area contributed by atoms with Crippen LogP contribution in [0.1, 0.15) is 36.1 Å². The van der Waals surface area contributed by atoms with Gasteiger partial charge in [-0.3, -0.25) is 4.79 Å². The first-order chi connectivity index (χ1) is 13.7.